The molecule has 1 heterocycles. The number of halogens is 1. The van der Waals surface area contributed by atoms with Gasteiger partial charge < -0.3 is 15.2 Å². The molecule has 0 saturated carbocycles. The standard InChI is InChI=1S/C18H22ClNO3/c1-18(2,7-8-21)12-20-17(22)6-3-13-9-14-10-15(19)4-5-16(14)23-11-13/h3-6,9-10,21H,7-8,11-12H2,1-2H3,(H,20,22)/b6-3+. The Morgan fingerprint density at radius 3 is 3.00 bits per heavy atom. The SMILES string of the molecule is CC(C)(CCO)CNC(=O)/C=C/C1=Cc2cc(Cl)ccc2OC1. The average Bonchev–Trinajstić information content (AvgIpc) is 2.50. The highest BCUT2D eigenvalue weighted by atomic mass is 35.5. The van der Waals surface area contributed by atoms with Crippen LogP contribution in [0.25, 0.3) is 6.08 Å². The summed E-state index contributed by atoms with van der Waals surface area (Å²) in [5, 5.41) is 12.5. The molecular formula is C18H22ClNO3. The number of aliphatic hydroxyl groups excluding tert-OH is 1. The van der Waals surface area contributed by atoms with Gasteiger partial charge in [0.25, 0.3) is 0 Å². The summed E-state index contributed by atoms with van der Waals surface area (Å²) in [5.74, 6) is 0.635. The number of rotatable bonds is 6. The summed E-state index contributed by atoms with van der Waals surface area (Å²) in [5.41, 5.74) is 1.69. The Balaban J connectivity index is 1.94. The maximum atomic E-state index is 11.9. The minimum atomic E-state index is -0.159. The Morgan fingerprint density at radius 1 is 1.48 bits per heavy atom. The maximum Gasteiger partial charge on any atom is 0.244 e. The zero-order chi connectivity index (χ0) is 16.9. The van der Waals surface area contributed by atoms with Gasteiger partial charge in [-0.2, -0.15) is 0 Å². The number of amides is 1. The predicted molar refractivity (Wildman–Crippen MR) is 92.6 cm³/mol. The normalized spacial score (nSPS) is 14.2. The highest BCUT2D eigenvalue weighted by molar-refractivity contribution is 6.30. The second kappa shape index (κ2) is 7.66. The maximum absolute atomic E-state index is 11.9. The molecule has 5 heteroatoms. The number of fused-ring (bicyclic) bond motifs is 1. The van der Waals surface area contributed by atoms with Crippen LogP contribution in [-0.4, -0.2) is 30.8 Å². The van der Waals surface area contributed by atoms with Crippen LogP contribution in [0.15, 0.2) is 35.9 Å². The Labute approximate surface area is 141 Å². The Hall–Kier alpha value is -1.78. The first-order valence-electron chi connectivity index (χ1n) is 7.59. The number of carbonyl (C=O) groups is 1. The molecule has 0 saturated heterocycles. The van der Waals surface area contributed by atoms with Crippen LogP contribution < -0.4 is 10.1 Å². The van der Waals surface area contributed by atoms with Crippen LogP contribution in [0.3, 0.4) is 0 Å². The first-order valence-corrected chi connectivity index (χ1v) is 7.97. The quantitative estimate of drug-likeness (QED) is 0.785. The summed E-state index contributed by atoms with van der Waals surface area (Å²) in [4.78, 5) is 11.9. The fourth-order valence-electron chi connectivity index (χ4n) is 2.22. The molecule has 2 rings (SSSR count). The van der Waals surface area contributed by atoms with Crippen LogP contribution in [0.2, 0.25) is 5.02 Å². The molecule has 0 fully saturated rings. The first-order chi connectivity index (χ1) is 10.9. The number of nitrogens with one attached hydrogen (secondary N) is 1. The van der Waals surface area contributed by atoms with E-state index in [0.717, 1.165) is 16.9 Å². The van der Waals surface area contributed by atoms with E-state index >= 15 is 0 Å². The van der Waals surface area contributed by atoms with Crippen molar-refractivity contribution in [3.8, 4) is 5.75 Å². The van der Waals surface area contributed by atoms with Crippen molar-refractivity contribution in [1.29, 1.82) is 0 Å². The zero-order valence-electron chi connectivity index (χ0n) is 13.4. The van der Waals surface area contributed by atoms with Gasteiger partial charge in [0.15, 0.2) is 0 Å². The number of hydrogen-bond donors (Lipinski definition) is 2. The van der Waals surface area contributed by atoms with E-state index in [1.807, 2.05) is 32.1 Å². The van der Waals surface area contributed by atoms with Gasteiger partial charge in [-0.3, -0.25) is 4.79 Å². The molecule has 0 radical (unpaired) electrons. The number of ether oxygens (including phenoxy) is 1. The smallest absolute Gasteiger partial charge is 0.244 e. The molecule has 0 atom stereocenters. The van der Waals surface area contributed by atoms with Crippen molar-refractivity contribution in [2.45, 2.75) is 20.3 Å². The summed E-state index contributed by atoms with van der Waals surface area (Å²) in [6.07, 6.45) is 5.86. The summed E-state index contributed by atoms with van der Waals surface area (Å²) >= 11 is 5.98. The molecule has 4 nitrogen and oxygen atoms in total. The minimum Gasteiger partial charge on any atom is -0.488 e. The lowest BCUT2D eigenvalue weighted by molar-refractivity contribution is -0.117. The molecule has 0 aromatic heterocycles. The first kappa shape index (κ1) is 17.6. The van der Waals surface area contributed by atoms with Gasteiger partial charge in [0.1, 0.15) is 12.4 Å². The van der Waals surface area contributed by atoms with E-state index in [9.17, 15) is 4.79 Å². The van der Waals surface area contributed by atoms with Crippen LogP contribution in [-0.2, 0) is 4.79 Å². The molecule has 1 amide bonds. The Morgan fingerprint density at radius 2 is 2.26 bits per heavy atom. The third-order valence-corrected chi connectivity index (χ3v) is 3.92. The molecule has 0 aliphatic carbocycles. The summed E-state index contributed by atoms with van der Waals surface area (Å²) in [7, 11) is 0. The third-order valence-electron chi connectivity index (χ3n) is 3.69. The lowest BCUT2D eigenvalue weighted by Gasteiger charge is -2.23. The molecule has 1 aromatic rings. The molecule has 2 N–H and O–H groups in total. The van der Waals surface area contributed by atoms with Gasteiger partial charge in [-0.1, -0.05) is 31.5 Å². The fourth-order valence-corrected chi connectivity index (χ4v) is 2.40. The van der Waals surface area contributed by atoms with Crippen molar-refractivity contribution >= 4 is 23.6 Å². The van der Waals surface area contributed by atoms with E-state index in [2.05, 4.69) is 5.32 Å². The largest absolute Gasteiger partial charge is 0.488 e. The predicted octanol–water partition coefficient (Wildman–Crippen LogP) is 3.20. The van der Waals surface area contributed by atoms with E-state index in [0.29, 0.717) is 24.6 Å². The van der Waals surface area contributed by atoms with Crippen molar-refractivity contribution in [3.05, 3.63) is 46.5 Å². The lowest BCUT2D eigenvalue weighted by atomic mass is 9.90. The van der Waals surface area contributed by atoms with Gasteiger partial charge in [-0.05, 0) is 41.7 Å². The number of hydrogen-bond acceptors (Lipinski definition) is 3. The molecule has 1 aliphatic heterocycles. The second-order valence-electron chi connectivity index (χ2n) is 6.38. The van der Waals surface area contributed by atoms with Gasteiger partial charge in [0.2, 0.25) is 5.91 Å². The van der Waals surface area contributed by atoms with Gasteiger partial charge >= 0.3 is 0 Å². The highest BCUT2D eigenvalue weighted by Crippen LogP contribution is 2.29. The molecular weight excluding hydrogens is 314 g/mol. The summed E-state index contributed by atoms with van der Waals surface area (Å²) in [6, 6.07) is 5.46. The molecule has 0 bridgehead atoms. The average molecular weight is 336 g/mol. The van der Waals surface area contributed by atoms with Crippen molar-refractivity contribution in [2.24, 2.45) is 5.41 Å². The second-order valence-corrected chi connectivity index (χ2v) is 6.82. The number of aliphatic hydroxyl groups is 1. The third kappa shape index (κ3) is 5.41. The fraction of sp³-hybridized carbons (Fsp3) is 0.389. The van der Waals surface area contributed by atoms with E-state index in [1.165, 1.54) is 6.08 Å². The molecule has 124 valence electrons. The Kier molecular flexibility index (Phi) is 5.85. The van der Waals surface area contributed by atoms with Crippen molar-refractivity contribution in [3.63, 3.8) is 0 Å². The van der Waals surface area contributed by atoms with Crippen molar-refractivity contribution in [1.82, 2.24) is 5.32 Å². The van der Waals surface area contributed by atoms with E-state index in [1.54, 1.807) is 12.1 Å². The van der Waals surface area contributed by atoms with Gasteiger partial charge in [0.05, 0.1) is 0 Å². The van der Waals surface area contributed by atoms with Gasteiger partial charge in [-0.25, -0.2) is 0 Å². The lowest BCUT2D eigenvalue weighted by Crippen LogP contribution is -2.33. The monoisotopic (exact) mass is 335 g/mol. The van der Waals surface area contributed by atoms with Crippen LogP contribution in [0.1, 0.15) is 25.8 Å². The Bertz CT molecular complexity index is 635. The van der Waals surface area contributed by atoms with Crippen molar-refractivity contribution in [2.75, 3.05) is 19.8 Å². The van der Waals surface area contributed by atoms with Crippen LogP contribution in [0.4, 0.5) is 0 Å². The minimum absolute atomic E-state index is 0.116. The van der Waals surface area contributed by atoms with E-state index < -0.39 is 0 Å². The topological polar surface area (TPSA) is 58.6 Å². The molecule has 0 unspecified atom stereocenters. The van der Waals surface area contributed by atoms with Crippen LogP contribution >= 0.6 is 11.6 Å². The molecule has 1 aromatic carbocycles. The van der Waals surface area contributed by atoms with Gasteiger partial charge in [-0.15, -0.1) is 0 Å². The zero-order valence-corrected chi connectivity index (χ0v) is 14.2. The van der Waals surface area contributed by atoms with Crippen molar-refractivity contribution < 1.29 is 14.6 Å². The molecule has 0 spiro atoms. The highest BCUT2D eigenvalue weighted by Gasteiger charge is 2.17. The van der Waals surface area contributed by atoms with Crippen LogP contribution in [0, 0.1) is 5.41 Å². The molecule has 23 heavy (non-hydrogen) atoms. The number of benzene rings is 1. The summed E-state index contributed by atoms with van der Waals surface area (Å²) in [6.45, 7) is 5.07. The van der Waals surface area contributed by atoms with E-state index in [4.69, 9.17) is 21.4 Å². The number of carbonyl (C=O) groups excluding carboxylic acids is 1. The van der Waals surface area contributed by atoms with Crippen LogP contribution in [0.5, 0.6) is 5.75 Å². The molecule has 1 aliphatic rings. The summed E-state index contributed by atoms with van der Waals surface area (Å²) < 4.78 is 5.63. The van der Waals surface area contributed by atoms with E-state index in [-0.39, 0.29) is 17.9 Å². The van der Waals surface area contributed by atoms with Gasteiger partial charge in [0, 0.05) is 29.8 Å².